The molecule has 21 heavy (non-hydrogen) atoms. The number of carbonyl (C=O) groups excluding carboxylic acids is 3. The lowest BCUT2D eigenvalue weighted by molar-refractivity contribution is -0.133. The third-order valence-electron chi connectivity index (χ3n) is 3.50. The fraction of sp³-hybridized carbons (Fsp3) is 0.357. The highest BCUT2D eigenvalue weighted by atomic mass is 19.1. The van der Waals surface area contributed by atoms with Gasteiger partial charge in [-0.3, -0.25) is 14.5 Å². The van der Waals surface area contributed by atoms with Crippen LogP contribution in [0.5, 0.6) is 0 Å². The SMILES string of the molecule is CC[C@]1(C)NC(=O)N(CC(=O)Nc2ccccc2F)C1=O. The first-order valence-electron chi connectivity index (χ1n) is 6.56. The summed E-state index contributed by atoms with van der Waals surface area (Å²) in [6, 6.07) is 5.05. The van der Waals surface area contributed by atoms with Gasteiger partial charge in [0.1, 0.15) is 17.9 Å². The van der Waals surface area contributed by atoms with Crippen molar-refractivity contribution in [1.82, 2.24) is 10.2 Å². The third-order valence-corrected chi connectivity index (χ3v) is 3.50. The van der Waals surface area contributed by atoms with Gasteiger partial charge in [0.25, 0.3) is 5.91 Å². The number of imide groups is 1. The molecule has 0 aromatic heterocycles. The molecule has 1 aromatic carbocycles. The summed E-state index contributed by atoms with van der Waals surface area (Å²) < 4.78 is 13.4. The summed E-state index contributed by atoms with van der Waals surface area (Å²) in [6.07, 6.45) is 0.420. The number of nitrogens with one attached hydrogen (secondary N) is 2. The Morgan fingerprint density at radius 1 is 1.38 bits per heavy atom. The number of benzene rings is 1. The highest BCUT2D eigenvalue weighted by Crippen LogP contribution is 2.20. The van der Waals surface area contributed by atoms with E-state index in [-0.39, 0.29) is 5.69 Å². The fourth-order valence-corrected chi connectivity index (χ4v) is 2.03. The van der Waals surface area contributed by atoms with Crippen LogP contribution in [0.1, 0.15) is 20.3 Å². The van der Waals surface area contributed by atoms with E-state index in [0.717, 1.165) is 4.90 Å². The number of amides is 4. The first kappa shape index (κ1) is 15.0. The number of rotatable bonds is 4. The molecule has 0 aliphatic carbocycles. The van der Waals surface area contributed by atoms with Gasteiger partial charge in [-0.05, 0) is 25.5 Å². The minimum atomic E-state index is -0.991. The topological polar surface area (TPSA) is 78.5 Å². The standard InChI is InChI=1S/C14H16FN3O3/c1-3-14(2)12(20)18(13(21)17-14)8-11(19)16-10-7-5-4-6-9(10)15/h4-7H,3,8H2,1-2H3,(H,16,19)(H,17,21)/t14-/m0/s1. The summed E-state index contributed by atoms with van der Waals surface area (Å²) in [5.41, 5.74) is -0.983. The maximum Gasteiger partial charge on any atom is 0.325 e. The summed E-state index contributed by atoms with van der Waals surface area (Å²) in [5.74, 6) is -1.68. The van der Waals surface area contributed by atoms with Gasteiger partial charge < -0.3 is 10.6 Å². The van der Waals surface area contributed by atoms with E-state index in [1.54, 1.807) is 19.9 Å². The first-order valence-corrected chi connectivity index (χ1v) is 6.56. The van der Waals surface area contributed by atoms with Crippen molar-refractivity contribution < 1.29 is 18.8 Å². The molecule has 1 aliphatic heterocycles. The van der Waals surface area contributed by atoms with Crippen LogP contribution in [0.2, 0.25) is 0 Å². The second-order valence-corrected chi connectivity index (χ2v) is 5.04. The zero-order valence-electron chi connectivity index (χ0n) is 11.8. The van der Waals surface area contributed by atoms with Gasteiger partial charge in [-0.15, -0.1) is 0 Å². The van der Waals surface area contributed by atoms with Crippen LogP contribution in [-0.2, 0) is 9.59 Å². The minimum Gasteiger partial charge on any atom is -0.323 e. The average molecular weight is 293 g/mol. The molecule has 1 aromatic rings. The average Bonchev–Trinajstić information content (AvgIpc) is 2.66. The van der Waals surface area contributed by atoms with Gasteiger partial charge in [0.15, 0.2) is 0 Å². The van der Waals surface area contributed by atoms with E-state index in [1.165, 1.54) is 18.2 Å². The van der Waals surface area contributed by atoms with Gasteiger partial charge in [-0.2, -0.15) is 0 Å². The molecule has 112 valence electrons. The first-order chi connectivity index (χ1) is 9.87. The Labute approximate surface area is 121 Å². The summed E-state index contributed by atoms with van der Waals surface area (Å²) in [7, 11) is 0. The van der Waals surface area contributed by atoms with Gasteiger partial charge in [-0.25, -0.2) is 9.18 Å². The van der Waals surface area contributed by atoms with Gasteiger partial charge in [0.2, 0.25) is 5.91 Å². The molecule has 2 N–H and O–H groups in total. The number of halogens is 1. The summed E-state index contributed by atoms with van der Waals surface area (Å²) in [6.45, 7) is 2.91. The monoisotopic (exact) mass is 293 g/mol. The van der Waals surface area contributed by atoms with Gasteiger partial charge in [-0.1, -0.05) is 19.1 Å². The number of carbonyl (C=O) groups is 3. The Hall–Kier alpha value is -2.44. The third kappa shape index (κ3) is 2.86. The summed E-state index contributed by atoms with van der Waals surface area (Å²) >= 11 is 0. The number of anilines is 1. The Morgan fingerprint density at radius 3 is 2.62 bits per heavy atom. The fourth-order valence-electron chi connectivity index (χ4n) is 2.03. The molecule has 1 aliphatic rings. The van der Waals surface area contributed by atoms with Crippen LogP contribution in [0.3, 0.4) is 0 Å². The van der Waals surface area contributed by atoms with Crippen LogP contribution in [0.25, 0.3) is 0 Å². The second-order valence-electron chi connectivity index (χ2n) is 5.04. The second kappa shape index (κ2) is 5.51. The van der Waals surface area contributed by atoms with Crippen LogP contribution >= 0.6 is 0 Å². The number of urea groups is 1. The molecular formula is C14H16FN3O3. The smallest absolute Gasteiger partial charge is 0.323 e. The maximum absolute atomic E-state index is 13.4. The predicted molar refractivity (Wildman–Crippen MR) is 74.0 cm³/mol. The van der Waals surface area contributed by atoms with E-state index in [2.05, 4.69) is 10.6 Å². The zero-order valence-corrected chi connectivity index (χ0v) is 11.8. The molecule has 0 unspecified atom stereocenters. The van der Waals surface area contributed by atoms with Crippen LogP contribution in [0.15, 0.2) is 24.3 Å². The lowest BCUT2D eigenvalue weighted by atomic mass is 9.99. The van der Waals surface area contributed by atoms with Crippen LogP contribution in [0.4, 0.5) is 14.9 Å². The normalized spacial score (nSPS) is 21.4. The summed E-state index contributed by atoms with van der Waals surface area (Å²) in [4.78, 5) is 36.6. The maximum atomic E-state index is 13.4. The zero-order chi connectivity index (χ0) is 15.6. The Balaban J connectivity index is 2.05. The largest absolute Gasteiger partial charge is 0.325 e. The molecule has 6 nitrogen and oxygen atoms in total. The van der Waals surface area contributed by atoms with E-state index in [4.69, 9.17) is 0 Å². The van der Waals surface area contributed by atoms with E-state index in [1.807, 2.05) is 0 Å². The Morgan fingerprint density at radius 2 is 2.05 bits per heavy atom. The van der Waals surface area contributed by atoms with Crippen molar-refractivity contribution in [2.24, 2.45) is 0 Å². The molecule has 1 heterocycles. The van der Waals surface area contributed by atoms with E-state index < -0.39 is 35.7 Å². The van der Waals surface area contributed by atoms with Gasteiger partial charge in [0.05, 0.1) is 5.69 Å². The van der Waals surface area contributed by atoms with Crippen molar-refractivity contribution >= 4 is 23.5 Å². The van der Waals surface area contributed by atoms with E-state index >= 15 is 0 Å². The molecule has 1 fully saturated rings. The number of hydrogen-bond donors (Lipinski definition) is 2. The molecule has 1 atom stereocenters. The van der Waals surface area contributed by atoms with Crippen LogP contribution < -0.4 is 10.6 Å². The van der Waals surface area contributed by atoms with E-state index in [9.17, 15) is 18.8 Å². The molecule has 0 bridgehead atoms. The minimum absolute atomic E-state index is 0.00723. The molecular weight excluding hydrogens is 277 g/mol. The molecule has 7 heteroatoms. The highest BCUT2D eigenvalue weighted by Gasteiger charge is 2.46. The van der Waals surface area contributed by atoms with Crippen molar-refractivity contribution in [3.05, 3.63) is 30.1 Å². The van der Waals surface area contributed by atoms with Gasteiger partial charge in [0, 0.05) is 0 Å². The van der Waals surface area contributed by atoms with Gasteiger partial charge >= 0.3 is 6.03 Å². The predicted octanol–water partition coefficient (Wildman–Crippen LogP) is 1.48. The number of para-hydroxylation sites is 1. The number of hydrogen-bond acceptors (Lipinski definition) is 3. The molecule has 4 amide bonds. The lowest BCUT2D eigenvalue weighted by Crippen LogP contribution is -2.44. The Kier molecular flexibility index (Phi) is 3.93. The summed E-state index contributed by atoms with van der Waals surface area (Å²) in [5, 5.41) is 4.88. The molecule has 0 saturated carbocycles. The van der Waals surface area contributed by atoms with Crippen molar-refractivity contribution in [3.63, 3.8) is 0 Å². The van der Waals surface area contributed by atoms with Crippen molar-refractivity contribution in [1.29, 1.82) is 0 Å². The van der Waals surface area contributed by atoms with Crippen LogP contribution in [0, 0.1) is 5.82 Å². The van der Waals surface area contributed by atoms with Crippen molar-refractivity contribution in [2.45, 2.75) is 25.8 Å². The van der Waals surface area contributed by atoms with Crippen LogP contribution in [-0.4, -0.2) is 34.8 Å². The molecule has 0 spiro atoms. The molecule has 0 radical (unpaired) electrons. The lowest BCUT2D eigenvalue weighted by Gasteiger charge is -2.19. The number of nitrogens with zero attached hydrogens (tertiary/aromatic N) is 1. The highest BCUT2D eigenvalue weighted by molar-refractivity contribution is 6.09. The van der Waals surface area contributed by atoms with Crippen molar-refractivity contribution in [2.75, 3.05) is 11.9 Å². The van der Waals surface area contributed by atoms with E-state index in [0.29, 0.717) is 6.42 Å². The molecule has 2 rings (SSSR count). The Bertz CT molecular complexity index is 605. The quantitative estimate of drug-likeness (QED) is 0.825. The van der Waals surface area contributed by atoms with Crippen molar-refractivity contribution in [3.8, 4) is 0 Å². The molecule has 1 saturated heterocycles.